The molecule has 0 aromatic heterocycles. The summed E-state index contributed by atoms with van der Waals surface area (Å²) in [7, 11) is 0. The van der Waals surface area contributed by atoms with E-state index in [0.29, 0.717) is 12.1 Å². The fraction of sp³-hybridized carbons (Fsp3) is 0.524. The van der Waals surface area contributed by atoms with Gasteiger partial charge in [0.15, 0.2) is 0 Å². The molecule has 0 aliphatic carbocycles. The minimum Gasteiger partial charge on any atom is -0.446 e. The van der Waals surface area contributed by atoms with E-state index in [0.717, 1.165) is 10.6 Å². The Morgan fingerprint density at radius 1 is 1.00 bits per heavy atom. The minimum absolute atomic E-state index is 0.0760. The maximum absolute atomic E-state index is 12.5. The molecule has 0 aliphatic heterocycles. The van der Waals surface area contributed by atoms with Gasteiger partial charge >= 0.3 is 18.3 Å². The van der Waals surface area contributed by atoms with Gasteiger partial charge in [0, 0.05) is 5.71 Å². The van der Waals surface area contributed by atoms with Crippen LogP contribution in [0.2, 0.25) is 0 Å². The summed E-state index contributed by atoms with van der Waals surface area (Å²) in [6, 6.07) is 8.42. The Labute approximate surface area is 177 Å². The molecule has 1 atom stereocenters. The van der Waals surface area contributed by atoms with Crippen LogP contribution >= 0.6 is 0 Å². The Hall–Kier alpha value is -3.10. The van der Waals surface area contributed by atoms with Gasteiger partial charge in [-0.1, -0.05) is 37.3 Å². The number of rotatable bonds is 7. The quantitative estimate of drug-likeness (QED) is 0.396. The second-order valence-electron chi connectivity index (χ2n) is 7.04. The van der Waals surface area contributed by atoms with Crippen molar-refractivity contribution in [2.24, 2.45) is 4.99 Å². The molecular formula is C21H31N3O6. The van der Waals surface area contributed by atoms with Crippen LogP contribution in [0.15, 0.2) is 35.3 Å². The maximum Gasteiger partial charge on any atom is 0.433 e. The molecular weight excluding hydrogens is 390 g/mol. The van der Waals surface area contributed by atoms with Crippen LogP contribution in [0.25, 0.3) is 0 Å². The van der Waals surface area contributed by atoms with Crippen molar-refractivity contribution in [1.29, 1.82) is 0 Å². The first-order valence-electron chi connectivity index (χ1n) is 9.89. The van der Waals surface area contributed by atoms with Gasteiger partial charge in [0.2, 0.25) is 0 Å². The first-order valence-corrected chi connectivity index (χ1v) is 9.89. The number of hydrazine groups is 1. The zero-order valence-electron chi connectivity index (χ0n) is 18.4. The third kappa shape index (κ3) is 8.93. The average Bonchev–Trinajstić information content (AvgIpc) is 2.67. The normalized spacial score (nSPS) is 12.3. The van der Waals surface area contributed by atoms with E-state index in [1.54, 1.807) is 41.5 Å². The summed E-state index contributed by atoms with van der Waals surface area (Å²) in [4.78, 5) is 40.7. The van der Waals surface area contributed by atoms with Crippen LogP contribution < -0.4 is 5.43 Å². The molecule has 0 bridgehead atoms. The number of hydrogen-bond donors (Lipinski definition) is 1. The third-order valence-corrected chi connectivity index (χ3v) is 3.76. The van der Waals surface area contributed by atoms with Crippen molar-refractivity contribution >= 4 is 24.0 Å². The second-order valence-corrected chi connectivity index (χ2v) is 7.04. The Bertz CT molecular complexity index is 734. The van der Waals surface area contributed by atoms with Crippen LogP contribution in [0.4, 0.5) is 14.4 Å². The third-order valence-electron chi connectivity index (χ3n) is 3.76. The average molecular weight is 421 g/mol. The number of benzene rings is 1. The van der Waals surface area contributed by atoms with Crippen LogP contribution in [-0.4, -0.2) is 47.3 Å². The summed E-state index contributed by atoms with van der Waals surface area (Å²) in [5, 5.41) is 0.956. The van der Waals surface area contributed by atoms with E-state index in [4.69, 9.17) is 14.2 Å². The van der Waals surface area contributed by atoms with Gasteiger partial charge < -0.3 is 14.2 Å². The van der Waals surface area contributed by atoms with Gasteiger partial charge in [-0.15, -0.1) is 0 Å². The Balaban J connectivity index is 2.93. The summed E-state index contributed by atoms with van der Waals surface area (Å²) in [6.45, 7) is 10.2. The molecule has 0 aliphatic rings. The van der Waals surface area contributed by atoms with Gasteiger partial charge in [0.1, 0.15) is 6.61 Å². The number of amides is 3. The molecule has 30 heavy (non-hydrogen) atoms. The highest BCUT2D eigenvalue weighted by Crippen LogP contribution is 2.09. The summed E-state index contributed by atoms with van der Waals surface area (Å²) in [6.07, 6.45) is -2.85. The van der Waals surface area contributed by atoms with Crippen molar-refractivity contribution in [2.75, 3.05) is 0 Å². The van der Waals surface area contributed by atoms with Crippen molar-refractivity contribution in [3.05, 3.63) is 35.9 Å². The van der Waals surface area contributed by atoms with Crippen LogP contribution in [0.1, 0.15) is 53.5 Å². The van der Waals surface area contributed by atoms with Crippen molar-refractivity contribution in [1.82, 2.24) is 10.4 Å². The molecule has 0 unspecified atom stereocenters. The summed E-state index contributed by atoms with van der Waals surface area (Å²) in [5.74, 6) is 0. The van der Waals surface area contributed by atoms with Gasteiger partial charge in [-0.2, -0.15) is 4.99 Å². The van der Waals surface area contributed by atoms with E-state index < -0.39 is 30.4 Å². The van der Waals surface area contributed by atoms with Gasteiger partial charge in [-0.05, 0) is 46.6 Å². The second kappa shape index (κ2) is 12.5. The van der Waals surface area contributed by atoms with E-state index in [1.807, 2.05) is 30.3 Å². The van der Waals surface area contributed by atoms with Crippen molar-refractivity contribution in [3.8, 4) is 0 Å². The minimum atomic E-state index is -0.820. The topological polar surface area (TPSA) is 107 Å². The lowest BCUT2D eigenvalue weighted by Gasteiger charge is -2.29. The highest BCUT2D eigenvalue weighted by atomic mass is 16.6. The lowest BCUT2D eigenvalue weighted by molar-refractivity contribution is 0.0424. The van der Waals surface area contributed by atoms with Crippen molar-refractivity contribution < 1.29 is 28.6 Å². The molecule has 1 N–H and O–H groups in total. The fourth-order valence-corrected chi connectivity index (χ4v) is 2.38. The number of carbonyl (C=O) groups is 3. The van der Waals surface area contributed by atoms with Crippen molar-refractivity contribution in [3.63, 3.8) is 0 Å². The van der Waals surface area contributed by atoms with Crippen LogP contribution in [0.3, 0.4) is 0 Å². The lowest BCUT2D eigenvalue weighted by atomic mass is 10.1. The zero-order chi connectivity index (χ0) is 22.7. The van der Waals surface area contributed by atoms with Gasteiger partial charge in [-0.25, -0.2) is 24.8 Å². The van der Waals surface area contributed by atoms with E-state index in [9.17, 15) is 14.4 Å². The highest BCUT2D eigenvalue weighted by molar-refractivity contribution is 5.98. The molecule has 0 radical (unpaired) electrons. The Kier molecular flexibility index (Phi) is 10.4. The molecule has 9 heteroatoms. The largest absolute Gasteiger partial charge is 0.446 e. The number of nitrogens with one attached hydrogen (secondary N) is 1. The molecule has 166 valence electrons. The fourth-order valence-electron chi connectivity index (χ4n) is 2.38. The number of aliphatic imine (C=N–C) groups is 1. The molecule has 1 rings (SSSR count). The molecule has 1 aromatic carbocycles. The molecule has 0 heterocycles. The molecule has 9 nitrogen and oxygen atoms in total. The van der Waals surface area contributed by atoms with E-state index in [2.05, 4.69) is 10.4 Å². The summed E-state index contributed by atoms with van der Waals surface area (Å²) < 4.78 is 15.4. The predicted octanol–water partition coefficient (Wildman–Crippen LogP) is 4.46. The molecule has 0 fully saturated rings. The molecule has 1 aromatic rings. The van der Waals surface area contributed by atoms with Gasteiger partial charge in [0.25, 0.3) is 0 Å². The van der Waals surface area contributed by atoms with E-state index in [-0.39, 0.29) is 12.7 Å². The number of ether oxygens (including phenoxy) is 3. The molecule has 0 saturated heterocycles. The molecule has 3 amide bonds. The zero-order valence-corrected chi connectivity index (χ0v) is 18.4. The first-order chi connectivity index (χ1) is 14.1. The van der Waals surface area contributed by atoms with Crippen LogP contribution in [0, 0.1) is 0 Å². The molecule has 0 saturated carbocycles. The Morgan fingerprint density at radius 2 is 1.60 bits per heavy atom. The van der Waals surface area contributed by atoms with E-state index in [1.165, 1.54) is 0 Å². The predicted molar refractivity (Wildman–Crippen MR) is 112 cm³/mol. The van der Waals surface area contributed by atoms with Crippen LogP contribution in [0.5, 0.6) is 0 Å². The van der Waals surface area contributed by atoms with Crippen molar-refractivity contribution in [2.45, 2.75) is 72.8 Å². The van der Waals surface area contributed by atoms with Gasteiger partial charge in [-0.3, -0.25) is 0 Å². The number of hydrogen-bond acceptors (Lipinski definition) is 6. The first kappa shape index (κ1) is 24.9. The molecule has 0 spiro atoms. The van der Waals surface area contributed by atoms with Crippen LogP contribution in [-0.2, 0) is 20.8 Å². The number of carbonyl (C=O) groups excluding carboxylic acids is 3. The standard InChI is InChI=1S/C21H31N3O6/c1-7-18(22-19(25)28-13-17-11-9-8-10-12-17)16(6)24(21(27)30-15(4)5)23-20(26)29-14(2)3/h8-12,14-16H,7,13H2,1-6H3,(H,23,26)/b22-18+/t16-/m1/s1. The number of nitrogens with zero attached hydrogens (tertiary/aromatic N) is 2. The highest BCUT2D eigenvalue weighted by Gasteiger charge is 2.29. The summed E-state index contributed by atoms with van der Waals surface area (Å²) >= 11 is 0. The SMILES string of the molecule is CC/C(=N\C(=O)OCc1ccccc1)[C@@H](C)N(NC(=O)OC(C)C)C(=O)OC(C)C. The summed E-state index contributed by atoms with van der Waals surface area (Å²) in [5.41, 5.74) is 3.52. The smallest absolute Gasteiger partial charge is 0.433 e. The van der Waals surface area contributed by atoms with E-state index >= 15 is 0 Å². The lowest BCUT2D eigenvalue weighted by Crippen LogP contribution is -2.54. The Morgan fingerprint density at radius 3 is 2.13 bits per heavy atom. The monoisotopic (exact) mass is 421 g/mol. The van der Waals surface area contributed by atoms with Gasteiger partial charge in [0.05, 0.1) is 18.2 Å². The maximum atomic E-state index is 12.5.